The molecule has 0 saturated heterocycles. The number of hydrogen-bond acceptors (Lipinski definition) is 8. The lowest BCUT2D eigenvalue weighted by Gasteiger charge is -2.25. The molecule has 0 spiro atoms. The van der Waals surface area contributed by atoms with Gasteiger partial charge in [-0.1, -0.05) is 26.0 Å². The Morgan fingerprint density at radius 2 is 1.40 bits per heavy atom. The number of anilines is 1. The molecular weight excluding hydrogens is 647 g/mol. The number of H-pyrrole nitrogens is 1. The zero-order valence-corrected chi connectivity index (χ0v) is 29.5. The number of aryl methyl sites for hydroxylation is 2. The van der Waals surface area contributed by atoms with E-state index >= 15 is 0 Å². The van der Waals surface area contributed by atoms with Gasteiger partial charge in [-0.3, -0.25) is 9.55 Å². The number of rotatable bonds is 6. The second-order valence-electron chi connectivity index (χ2n) is 11.8. The number of hydrogen-bond donors (Lipinski definition) is 2. The summed E-state index contributed by atoms with van der Waals surface area (Å²) in [6.45, 7) is 5.98. The van der Waals surface area contributed by atoms with Gasteiger partial charge in [-0.25, -0.2) is 24.9 Å². The maximum absolute atomic E-state index is 4.67. The molecule has 11 nitrogen and oxygen atoms in total. The lowest BCUT2D eigenvalue weighted by molar-refractivity contribution is 0.594. The van der Waals surface area contributed by atoms with Crippen LogP contribution in [-0.2, 0) is 7.05 Å². The van der Waals surface area contributed by atoms with Crippen molar-refractivity contribution in [2.75, 3.05) is 4.90 Å². The number of nitrogens with one attached hydrogen (secondary N) is 2. The van der Waals surface area contributed by atoms with E-state index in [1.165, 1.54) is 0 Å². The van der Waals surface area contributed by atoms with Gasteiger partial charge in [-0.15, -0.1) is 0 Å². The van der Waals surface area contributed by atoms with Gasteiger partial charge in [0.1, 0.15) is 11.6 Å². The first-order valence-corrected chi connectivity index (χ1v) is 17.2. The molecule has 1 aliphatic rings. The van der Waals surface area contributed by atoms with Crippen LogP contribution >= 0.6 is 0 Å². The van der Waals surface area contributed by atoms with Crippen molar-refractivity contribution in [1.29, 1.82) is 0 Å². The highest BCUT2D eigenvalue weighted by Crippen LogP contribution is 2.30. The Hall–Kier alpha value is -6.88. The third kappa shape index (κ3) is 7.06. The number of nitrogens with zero attached hydrogens (tertiary/aromatic N) is 9. The smallest absolute Gasteiger partial charge is 0.163 e. The third-order valence-electron chi connectivity index (χ3n) is 8.44. The van der Waals surface area contributed by atoms with E-state index in [2.05, 4.69) is 69.4 Å². The van der Waals surface area contributed by atoms with Crippen LogP contribution in [-0.4, -0.2) is 44.0 Å². The quantitative estimate of drug-likeness (QED) is 0.180. The molecule has 0 fully saturated rings. The van der Waals surface area contributed by atoms with Gasteiger partial charge in [0.2, 0.25) is 0 Å². The van der Waals surface area contributed by atoms with Crippen molar-refractivity contribution in [1.82, 2.24) is 49.3 Å². The highest BCUT2D eigenvalue weighted by molar-refractivity contribution is 5.79. The van der Waals surface area contributed by atoms with Gasteiger partial charge < -0.3 is 19.8 Å². The number of aromatic amines is 1. The van der Waals surface area contributed by atoms with E-state index < -0.39 is 0 Å². The monoisotopic (exact) mass is 685 g/mol. The normalized spacial score (nSPS) is 13.2. The molecule has 0 bridgehead atoms. The molecule has 0 saturated carbocycles. The average molecular weight is 686 g/mol. The molecule has 11 heteroatoms. The first-order valence-electron chi connectivity index (χ1n) is 17.2. The molecule has 1 atom stereocenters. The topological polar surface area (TPSA) is 118 Å². The fourth-order valence-corrected chi connectivity index (χ4v) is 5.87. The Morgan fingerprint density at radius 1 is 0.673 bits per heavy atom. The first-order chi connectivity index (χ1) is 25.6. The Balaban J connectivity index is 0.000000155. The predicted octanol–water partition coefficient (Wildman–Crippen LogP) is 8.27. The Kier molecular flexibility index (Phi) is 9.92. The molecule has 1 aliphatic heterocycles. The van der Waals surface area contributed by atoms with Gasteiger partial charge in [0.25, 0.3) is 0 Å². The van der Waals surface area contributed by atoms with Crippen molar-refractivity contribution in [2.24, 2.45) is 7.05 Å². The molecule has 8 aromatic rings. The minimum atomic E-state index is -0.00736. The van der Waals surface area contributed by atoms with E-state index in [-0.39, 0.29) is 6.17 Å². The minimum Gasteiger partial charge on any atom is -0.363 e. The van der Waals surface area contributed by atoms with E-state index in [1.54, 1.807) is 12.4 Å². The number of aromatic nitrogens is 9. The van der Waals surface area contributed by atoms with Crippen LogP contribution in [0.25, 0.3) is 50.9 Å². The van der Waals surface area contributed by atoms with Crippen molar-refractivity contribution in [3.8, 4) is 39.9 Å². The van der Waals surface area contributed by atoms with Gasteiger partial charge in [0.05, 0.1) is 11.0 Å². The fraction of sp³-hybridized carbons (Fsp3) is 0.122. The van der Waals surface area contributed by atoms with E-state index in [0.717, 1.165) is 68.0 Å². The lowest BCUT2D eigenvalue weighted by atomic mass is 10.2. The van der Waals surface area contributed by atoms with Crippen LogP contribution < -0.4 is 10.2 Å². The zero-order valence-electron chi connectivity index (χ0n) is 29.5. The van der Waals surface area contributed by atoms with E-state index in [1.807, 2.05) is 147 Å². The summed E-state index contributed by atoms with van der Waals surface area (Å²) in [7, 11) is 2.01. The summed E-state index contributed by atoms with van der Waals surface area (Å²) in [6, 6.07) is 28.5. The van der Waals surface area contributed by atoms with Crippen molar-refractivity contribution < 1.29 is 0 Å². The Bertz CT molecular complexity index is 2340. The Labute approximate surface area is 302 Å². The molecule has 6 heterocycles. The van der Waals surface area contributed by atoms with Crippen molar-refractivity contribution in [3.05, 3.63) is 158 Å². The van der Waals surface area contributed by atoms with Gasteiger partial charge in [0.15, 0.2) is 17.8 Å². The Morgan fingerprint density at radius 3 is 2.12 bits per heavy atom. The van der Waals surface area contributed by atoms with Crippen LogP contribution in [0.1, 0.15) is 31.4 Å². The number of para-hydroxylation sites is 2. The molecule has 258 valence electrons. The van der Waals surface area contributed by atoms with Crippen molar-refractivity contribution in [3.63, 3.8) is 0 Å². The summed E-state index contributed by atoms with van der Waals surface area (Å²) in [5.74, 6) is 3.44. The summed E-state index contributed by atoms with van der Waals surface area (Å²) < 4.78 is 4.07. The van der Waals surface area contributed by atoms with Crippen LogP contribution in [0.15, 0.2) is 147 Å². The van der Waals surface area contributed by atoms with Crippen LogP contribution in [0, 0.1) is 6.92 Å². The van der Waals surface area contributed by atoms with Crippen LogP contribution in [0.4, 0.5) is 5.69 Å². The molecule has 0 amide bonds. The standard InChI is InChI=1S/C20H18N6.C19H15N5.C2H6/c1-25-12-10-21-19(25)20-22-11-13-26(20)15-8-6-14(7-9-15)18-23-16-4-2-3-5-17(16)24-18;1-14-11-22-18(23-12-14)15-4-6-17(7-5-15)24-10-9-21-19(24)16-3-2-8-20-13-16;1-2/h2-13,20,22H,1H3,(H,23,24);2-13H,1H3;1-2H3. The van der Waals surface area contributed by atoms with Crippen LogP contribution in [0.5, 0.6) is 0 Å². The van der Waals surface area contributed by atoms with Crippen LogP contribution in [0.3, 0.4) is 0 Å². The van der Waals surface area contributed by atoms with Crippen molar-refractivity contribution >= 4 is 16.7 Å². The second-order valence-corrected chi connectivity index (χ2v) is 11.8. The lowest BCUT2D eigenvalue weighted by Crippen LogP contribution is -2.29. The van der Waals surface area contributed by atoms with Gasteiger partial charge in [-0.05, 0) is 85.3 Å². The van der Waals surface area contributed by atoms with Crippen LogP contribution in [0.2, 0.25) is 0 Å². The average Bonchev–Trinajstić information content (AvgIpc) is 4.04. The second kappa shape index (κ2) is 15.3. The van der Waals surface area contributed by atoms with Gasteiger partial charge in [-0.2, -0.15) is 0 Å². The fourth-order valence-electron chi connectivity index (χ4n) is 5.87. The molecule has 0 aliphatic carbocycles. The molecule has 1 unspecified atom stereocenters. The van der Waals surface area contributed by atoms with E-state index in [4.69, 9.17) is 0 Å². The van der Waals surface area contributed by atoms with E-state index in [0.29, 0.717) is 0 Å². The maximum atomic E-state index is 4.67. The number of imidazole rings is 3. The number of fused-ring (bicyclic) bond motifs is 1. The van der Waals surface area contributed by atoms with E-state index in [9.17, 15) is 0 Å². The molecule has 3 aromatic carbocycles. The largest absolute Gasteiger partial charge is 0.363 e. The number of pyridine rings is 1. The number of benzene rings is 3. The van der Waals surface area contributed by atoms with Gasteiger partial charge in [0, 0.05) is 97.1 Å². The molecule has 52 heavy (non-hydrogen) atoms. The highest BCUT2D eigenvalue weighted by atomic mass is 15.3. The molecule has 0 radical (unpaired) electrons. The van der Waals surface area contributed by atoms with Crippen molar-refractivity contribution in [2.45, 2.75) is 26.9 Å². The highest BCUT2D eigenvalue weighted by Gasteiger charge is 2.25. The summed E-state index contributed by atoms with van der Waals surface area (Å²) in [5.41, 5.74) is 8.24. The SMILES string of the molecule is CC.Cc1cnc(-c2ccc(-n3ccnc3-c3cccnc3)cc2)nc1.Cn1ccnc1C1NC=CN1c1ccc(-c2nc3ccccc3[nH]2)cc1. The molecule has 9 rings (SSSR count). The third-order valence-corrected chi connectivity index (χ3v) is 8.44. The zero-order chi connectivity index (χ0) is 35.9. The first kappa shape index (κ1) is 33.6. The summed E-state index contributed by atoms with van der Waals surface area (Å²) in [5, 5.41) is 3.36. The van der Waals surface area contributed by atoms with Gasteiger partial charge >= 0.3 is 0 Å². The molecule has 2 N–H and O–H groups in total. The minimum absolute atomic E-state index is 0.00736. The maximum Gasteiger partial charge on any atom is 0.163 e. The predicted molar refractivity (Wildman–Crippen MR) is 206 cm³/mol. The summed E-state index contributed by atoms with van der Waals surface area (Å²) in [6.07, 6.45) is 18.7. The summed E-state index contributed by atoms with van der Waals surface area (Å²) in [4.78, 5) is 32.0. The molecular formula is C41H39N11. The molecule has 5 aromatic heterocycles. The summed E-state index contributed by atoms with van der Waals surface area (Å²) >= 11 is 0.